The fourth-order valence-corrected chi connectivity index (χ4v) is 49.9. The second kappa shape index (κ2) is 7.96. The summed E-state index contributed by atoms with van der Waals surface area (Å²) in [5, 5.41) is 0. The summed E-state index contributed by atoms with van der Waals surface area (Å²) >= 11 is 15.5. The van der Waals surface area contributed by atoms with E-state index in [0.717, 1.165) is 11.3 Å². The molecule has 0 radical (unpaired) electrons. The molecule has 2 bridgehead atoms. The third-order valence-electron chi connectivity index (χ3n) is 7.86. The van der Waals surface area contributed by atoms with E-state index in [0.29, 0.717) is 14.7 Å². The van der Waals surface area contributed by atoms with Gasteiger partial charge in [-0.05, 0) is 55.4 Å². The molecule has 2 aliphatic carbocycles. The lowest BCUT2D eigenvalue weighted by Crippen LogP contribution is -2.54. The predicted octanol–water partition coefficient (Wildman–Crippen LogP) is 11.2. The van der Waals surface area contributed by atoms with Crippen LogP contribution in [0.15, 0.2) is 0 Å². The van der Waals surface area contributed by atoms with E-state index in [2.05, 4.69) is 41.5 Å². The first-order valence-corrected chi connectivity index (χ1v) is 19.5. The van der Waals surface area contributed by atoms with Crippen molar-refractivity contribution in [3.63, 3.8) is 0 Å². The topological polar surface area (TPSA) is 0 Å². The summed E-state index contributed by atoms with van der Waals surface area (Å²) in [6.07, 6.45) is 14.5. The first-order valence-electron chi connectivity index (χ1n) is 11.5. The van der Waals surface area contributed by atoms with Gasteiger partial charge in [0.05, 0.1) is 9.28 Å². The van der Waals surface area contributed by atoms with Gasteiger partial charge < -0.3 is 0 Å². The Balaban J connectivity index is 1.87. The largest absolute Gasteiger partial charge is 0.0936 e. The maximum atomic E-state index is 7.79. The molecule has 0 amide bonds. The van der Waals surface area contributed by atoms with Gasteiger partial charge in [0.1, 0.15) is 0 Å². The molecule has 6 unspecified atom stereocenters. The molecule has 3 aliphatic heterocycles. The van der Waals surface area contributed by atoms with Crippen LogP contribution in [0.2, 0.25) is 0 Å². The van der Waals surface area contributed by atoms with E-state index in [1.54, 1.807) is 0 Å². The van der Waals surface area contributed by atoms with Crippen molar-refractivity contribution in [1.82, 2.24) is 0 Å². The molecule has 3 heterocycles. The van der Waals surface area contributed by atoms with Gasteiger partial charge in [0.2, 0.25) is 0 Å². The third-order valence-corrected chi connectivity index (χ3v) is 37.5. The Morgan fingerprint density at radius 2 is 1.07 bits per heavy atom. The molecular weight excluding hydrogens is 459 g/mol. The Bertz CT molecular complexity index is 588. The van der Waals surface area contributed by atoms with Gasteiger partial charge in [-0.1, -0.05) is 110 Å². The van der Waals surface area contributed by atoms with E-state index >= 15 is 0 Å². The molecule has 0 aromatic carbocycles. The summed E-state index contributed by atoms with van der Waals surface area (Å²) in [5.74, 6) is 0. The Morgan fingerprint density at radius 3 is 1.50 bits per heavy atom. The van der Waals surface area contributed by atoms with Crippen LogP contribution in [0, 0.1) is 10.8 Å². The standard InChI is InChI=1S/C22H40Cl2P4/c1-19(2,3)21-25(17-13-9-7-10-14-17)22(27(21)23,20(4,5)6)28(24)26(21)18-15-11-8-12-16-18/h17-18H,7-16H2,1-6H3. The van der Waals surface area contributed by atoms with Crippen molar-refractivity contribution in [1.29, 1.82) is 0 Å². The molecule has 0 N–H and O–H groups in total. The Kier molecular flexibility index (Phi) is 6.67. The van der Waals surface area contributed by atoms with Crippen molar-refractivity contribution in [2.75, 3.05) is 0 Å². The molecule has 28 heavy (non-hydrogen) atoms. The van der Waals surface area contributed by atoms with E-state index < -0.39 is 14.2 Å². The van der Waals surface area contributed by atoms with Crippen LogP contribution in [0.5, 0.6) is 0 Å². The molecule has 0 aromatic heterocycles. The Morgan fingerprint density at radius 1 is 0.643 bits per heavy atom. The summed E-state index contributed by atoms with van der Waals surface area (Å²) in [7, 11) is -0.751. The minimum atomic E-state index is -0.515. The van der Waals surface area contributed by atoms with Crippen molar-refractivity contribution >= 4 is 52.3 Å². The predicted molar refractivity (Wildman–Crippen MR) is 138 cm³/mol. The quantitative estimate of drug-likeness (QED) is 0.332. The molecule has 0 nitrogen and oxygen atoms in total. The van der Waals surface area contributed by atoms with Gasteiger partial charge in [-0.3, -0.25) is 0 Å². The van der Waals surface area contributed by atoms with Gasteiger partial charge in [0, 0.05) is 14.2 Å². The number of halogens is 2. The van der Waals surface area contributed by atoms with Crippen LogP contribution >= 0.6 is 52.3 Å². The Labute approximate surface area is 188 Å². The van der Waals surface area contributed by atoms with Crippen LogP contribution in [0.3, 0.4) is 0 Å². The molecule has 5 fully saturated rings. The summed E-state index contributed by atoms with van der Waals surface area (Å²) in [4.78, 5) is 0. The van der Waals surface area contributed by atoms with E-state index in [1.165, 1.54) is 64.2 Å². The summed E-state index contributed by atoms with van der Waals surface area (Å²) in [6.45, 7) is 14.7. The summed E-state index contributed by atoms with van der Waals surface area (Å²) < 4.78 is 0.744. The molecular formula is C22H40Cl2P4. The van der Waals surface area contributed by atoms with Gasteiger partial charge in [-0.25, -0.2) is 0 Å². The first kappa shape index (κ1) is 23.5. The lowest BCUT2D eigenvalue weighted by Gasteiger charge is -2.71. The number of hydrogen-bond donors (Lipinski definition) is 0. The summed E-state index contributed by atoms with van der Waals surface area (Å²) in [6, 6.07) is 0. The summed E-state index contributed by atoms with van der Waals surface area (Å²) in [5.41, 5.74) is 2.43. The third kappa shape index (κ3) is 2.97. The molecule has 5 aliphatic rings. The van der Waals surface area contributed by atoms with Gasteiger partial charge >= 0.3 is 0 Å². The maximum Gasteiger partial charge on any atom is 0.0692 e. The van der Waals surface area contributed by atoms with E-state index in [9.17, 15) is 0 Å². The van der Waals surface area contributed by atoms with Crippen molar-refractivity contribution in [3.8, 4) is 0 Å². The van der Waals surface area contributed by atoms with Crippen molar-refractivity contribution < 1.29 is 0 Å². The van der Waals surface area contributed by atoms with E-state index in [1.807, 2.05) is 0 Å². The first-order chi connectivity index (χ1) is 13.0. The van der Waals surface area contributed by atoms with Gasteiger partial charge in [0.15, 0.2) is 0 Å². The van der Waals surface area contributed by atoms with E-state index in [-0.39, 0.29) is 20.9 Å². The minimum Gasteiger partial charge on any atom is -0.0936 e. The van der Waals surface area contributed by atoms with Crippen LogP contribution in [-0.4, -0.2) is 20.6 Å². The molecule has 3 saturated heterocycles. The molecule has 5 rings (SSSR count). The fourth-order valence-electron chi connectivity index (χ4n) is 6.72. The highest BCUT2D eigenvalue weighted by atomic mass is 35.7. The number of hydrogen-bond acceptors (Lipinski definition) is 0. The monoisotopic (exact) mass is 498 g/mol. The highest BCUT2D eigenvalue weighted by molar-refractivity contribution is 8.57. The second-order valence-electron chi connectivity index (χ2n) is 11.6. The number of rotatable bonds is 2. The van der Waals surface area contributed by atoms with Crippen LogP contribution < -0.4 is 0 Å². The zero-order valence-electron chi connectivity index (χ0n) is 18.8. The van der Waals surface area contributed by atoms with Crippen LogP contribution in [-0.2, 0) is 0 Å². The molecule has 0 spiro atoms. The highest BCUT2D eigenvalue weighted by Gasteiger charge is 2.89. The minimum absolute atomic E-state index is 0.0922. The normalized spacial score (nSPS) is 45.9. The Hall–Kier alpha value is 2.30. The van der Waals surface area contributed by atoms with Crippen LogP contribution in [0.4, 0.5) is 0 Å². The molecule has 0 aromatic rings. The average Bonchev–Trinajstić information content (AvgIpc) is 3.01. The van der Waals surface area contributed by atoms with Gasteiger partial charge in [0.25, 0.3) is 0 Å². The number of fused-ring (bicyclic) bond motifs is 1. The molecule has 6 heteroatoms. The zero-order valence-corrected chi connectivity index (χ0v) is 23.9. The van der Waals surface area contributed by atoms with Gasteiger partial charge in [-0.15, -0.1) is 0 Å². The lowest BCUT2D eigenvalue weighted by atomic mass is 9.97. The highest BCUT2D eigenvalue weighted by Crippen LogP contribution is 3.25. The van der Waals surface area contributed by atoms with Gasteiger partial charge in [-0.2, -0.15) is 0 Å². The van der Waals surface area contributed by atoms with Crippen LogP contribution in [0.25, 0.3) is 0 Å². The second-order valence-corrected chi connectivity index (χ2v) is 27.0. The molecule has 2 saturated carbocycles. The fraction of sp³-hybridized carbons (Fsp3) is 1.00. The van der Waals surface area contributed by atoms with Crippen molar-refractivity contribution in [2.24, 2.45) is 10.8 Å². The lowest BCUT2D eigenvalue weighted by molar-refractivity contribution is 0.372. The molecule has 6 atom stereocenters. The smallest absolute Gasteiger partial charge is 0.0692 e. The maximum absolute atomic E-state index is 7.79. The average molecular weight is 499 g/mol. The van der Waals surface area contributed by atoms with Crippen molar-refractivity contribution in [3.05, 3.63) is 0 Å². The van der Waals surface area contributed by atoms with Crippen molar-refractivity contribution in [2.45, 2.75) is 126 Å². The SMILES string of the molecule is CC(C)(C)C12P(Cl)P(C3CCCCC3)C(C(C)(C)C)(P1Cl)P2C1CCCCC1. The van der Waals surface area contributed by atoms with Crippen LogP contribution in [0.1, 0.15) is 106 Å². The zero-order chi connectivity index (χ0) is 20.5. The molecule has 162 valence electrons. The van der Waals surface area contributed by atoms with E-state index in [4.69, 9.17) is 22.5 Å².